The Labute approximate surface area is 127 Å². The van der Waals surface area contributed by atoms with Gasteiger partial charge in [0, 0.05) is 45.8 Å². The summed E-state index contributed by atoms with van der Waals surface area (Å²) in [5.41, 5.74) is 1.13. The molecule has 0 aromatic heterocycles. The van der Waals surface area contributed by atoms with E-state index in [1.165, 1.54) is 0 Å². The topological polar surface area (TPSA) is 47.6 Å². The Morgan fingerprint density at radius 3 is 2.71 bits per heavy atom. The molecule has 1 fully saturated rings. The fourth-order valence-corrected chi connectivity index (χ4v) is 2.42. The van der Waals surface area contributed by atoms with Gasteiger partial charge in [0.1, 0.15) is 0 Å². The van der Waals surface area contributed by atoms with Crippen molar-refractivity contribution in [3.8, 4) is 0 Å². The van der Waals surface area contributed by atoms with Crippen molar-refractivity contribution in [2.45, 2.75) is 6.54 Å². The van der Waals surface area contributed by atoms with Crippen molar-refractivity contribution in [1.82, 2.24) is 20.4 Å². The number of likely N-dealkylation sites (N-methyl/N-ethyl adjacent to an activating group) is 1. The minimum atomic E-state index is 0.0849. The number of piperazine rings is 1. The van der Waals surface area contributed by atoms with E-state index < -0.39 is 0 Å². The molecule has 0 atom stereocenters. The molecule has 0 unspecified atom stereocenters. The van der Waals surface area contributed by atoms with E-state index in [2.05, 4.69) is 20.4 Å². The van der Waals surface area contributed by atoms with Gasteiger partial charge in [-0.3, -0.25) is 14.6 Å². The fraction of sp³-hybridized carbons (Fsp3) is 0.562. The summed E-state index contributed by atoms with van der Waals surface area (Å²) < 4.78 is 0. The molecule has 1 aliphatic heterocycles. The summed E-state index contributed by atoms with van der Waals surface area (Å²) in [4.78, 5) is 16.4. The molecule has 1 aromatic carbocycles. The average Bonchev–Trinajstić information content (AvgIpc) is 2.53. The normalized spacial score (nSPS) is 16.1. The zero-order chi connectivity index (χ0) is 14.9. The molecular formula is C16H26N4O. The van der Waals surface area contributed by atoms with Crippen LogP contribution in [0.15, 0.2) is 30.3 Å². The van der Waals surface area contributed by atoms with Gasteiger partial charge in [-0.25, -0.2) is 0 Å². The van der Waals surface area contributed by atoms with Gasteiger partial charge in [0.05, 0.1) is 6.54 Å². The maximum Gasteiger partial charge on any atom is 0.234 e. The first-order valence-electron chi connectivity index (χ1n) is 7.66. The minimum absolute atomic E-state index is 0.0849. The standard InChI is InChI=1S/C16H26N4O/c1-19(11-12-20-9-7-17-8-10-20)14-16(21)18-13-15-5-3-2-4-6-15/h2-6,17H,7-14H2,1H3,(H,18,21). The van der Waals surface area contributed by atoms with Gasteiger partial charge in [-0.2, -0.15) is 0 Å². The molecule has 0 radical (unpaired) electrons. The van der Waals surface area contributed by atoms with Crippen molar-refractivity contribution in [3.63, 3.8) is 0 Å². The molecule has 116 valence electrons. The van der Waals surface area contributed by atoms with E-state index in [0.29, 0.717) is 13.1 Å². The van der Waals surface area contributed by atoms with Crippen LogP contribution in [0.5, 0.6) is 0 Å². The second-order valence-corrected chi connectivity index (χ2v) is 5.59. The van der Waals surface area contributed by atoms with Crippen LogP contribution in [0.3, 0.4) is 0 Å². The first-order valence-corrected chi connectivity index (χ1v) is 7.66. The van der Waals surface area contributed by atoms with Gasteiger partial charge in [0.25, 0.3) is 0 Å². The summed E-state index contributed by atoms with van der Waals surface area (Å²) in [6.07, 6.45) is 0. The highest BCUT2D eigenvalue weighted by Gasteiger charge is 2.11. The Hall–Kier alpha value is -1.43. The van der Waals surface area contributed by atoms with Crippen LogP contribution >= 0.6 is 0 Å². The fourth-order valence-electron chi connectivity index (χ4n) is 2.42. The van der Waals surface area contributed by atoms with Crippen molar-refractivity contribution >= 4 is 5.91 Å². The van der Waals surface area contributed by atoms with Crippen molar-refractivity contribution in [2.24, 2.45) is 0 Å². The molecule has 21 heavy (non-hydrogen) atoms. The number of amides is 1. The van der Waals surface area contributed by atoms with Crippen LogP contribution in [-0.2, 0) is 11.3 Å². The second kappa shape index (κ2) is 8.77. The molecule has 1 aliphatic rings. The van der Waals surface area contributed by atoms with Crippen LogP contribution in [0.1, 0.15) is 5.56 Å². The van der Waals surface area contributed by atoms with Gasteiger partial charge < -0.3 is 10.6 Å². The third kappa shape index (κ3) is 6.25. The lowest BCUT2D eigenvalue weighted by atomic mass is 10.2. The van der Waals surface area contributed by atoms with Crippen molar-refractivity contribution in [2.75, 3.05) is 52.9 Å². The first kappa shape index (κ1) is 15.9. The molecule has 1 heterocycles. The third-order valence-corrected chi connectivity index (χ3v) is 3.75. The highest BCUT2D eigenvalue weighted by molar-refractivity contribution is 5.77. The number of carbonyl (C=O) groups is 1. The molecule has 1 saturated heterocycles. The van der Waals surface area contributed by atoms with Crippen molar-refractivity contribution in [1.29, 1.82) is 0 Å². The molecule has 0 bridgehead atoms. The van der Waals surface area contributed by atoms with E-state index in [1.54, 1.807) is 0 Å². The number of nitrogens with zero attached hydrogens (tertiary/aromatic N) is 2. The largest absolute Gasteiger partial charge is 0.351 e. The molecule has 5 nitrogen and oxygen atoms in total. The van der Waals surface area contributed by atoms with Gasteiger partial charge in [-0.15, -0.1) is 0 Å². The number of nitrogens with one attached hydrogen (secondary N) is 2. The SMILES string of the molecule is CN(CCN1CCNCC1)CC(=O)NCc1ccccc1. The molecule has 0 saturated carbocycles. The van der Waals surface area contributed by atoms with Gasteiger partial charge in [0.2, 0.25) is 5.91 Å². The Morgan fingerprint density at radius 1 is 1.29 bits per heavy atom. The Bertz CT molecular complexity index is 418. The summed E-state index contributed by atoms with van der Waals surface area (Å²) in [7, 11) is 2.00. The average molecular weight is 290 g/mol. The summed E-state index contributed by atoms with van der Waals surface area (Å²) in [5, 5.41) is 6.31. The monoisotopic (exact) mass is 290 g/mol. The first-order chi connectivity index (χ1) is 10.2. The molecule has 1 aromatic rings. The number of benzene rings is 1. The number of carbonyl (C=O) groups excluding carboxylic acids is 1. The maximum absolute atomic E-state index is 11.9. The maximum atomic E-state index is 11.9. The molecular weight excluding hydrogens is 264 g/mol. The van der Waals surface area contributed by atoms with E-state index in [-0.39, 0.29) is 5.91 Å². The van der Waals surface area contributed by atoms with Crippen LogP contribution in [0.25, 0.3) is 0 Å². The molecule has 2 rings (SSSR count). The van der Waals surface area contributed by atoms with Gasteiger partial charge in [-0.1, -0.05) is 30.3 Å². The van der Waals surface area contributed by atoms with Crippen LogP contribution < -0.4 is 10.6 Å². The second-order valence-electron chi connectivity index (χ2n) is 5.59. The lowest BCUT2D eigenvalue weighted by molar-refractivity contribution is -0.122. The van der Waals surface area contributed by atoms with Gasteiger partial charge in [-0.05, 0) is 12.6 Å². The van der Waals surface area contributed by atoms with Crippen molar-refractivity contribution < 1.29 is 4.79 Å². The number of hydrogen-bond donors (Lipinski definition) is 2. The zero-order valence-electron chi connectivity index (χ0n) is 12.8. The summed E-state index contributed by atoms with van der Waals surface area (Å²) in [6, 6.07) is 10.0. The Morgan fingerprint density at radius 2 is 2.00 bits per heavy atom. The Balaban J connectivity index is 1.60. The van der Waals surface area contributed by atoms with Gasteiger partial charge >= 0.3 is 0 Å². The smallest absolute Gasteiger partial charge is 0.234 e. The predicted octanol–water partition coefficient (Wildman–Crippen LogP) is 0.140. The highest BCUT2D eigenvalue weighted by Crippen LogP contribution is 1.97. The summed E-state index contributed by atoms with van der Waals surface area (Å²) in [5.74, 6) is 0.0849. The van der Waals surface area contributed by atoms with Crippen LogP contribution in [0.2, 0.25) is 0 Å². The quantitative estimate of drug-likeness (QED) is 0.750. The molecule has 0 aliphatic carbocycles. The Kier molecular flexibility index (Phi) is 6.66. The van der Waals surface area contributed by atoms with E-state index in [0.717, 1.165) is 44.8 Å². The van der Waals surface area contributed by atoms with E-state index in [4.69, 9.17) is 0 Å². The molecule has 2 N–H and O–H groups in total. The minimum Gasteiger partial charge on any atom is -0.351 e. The predicted molar refractivity (Wildman–Crippen MR) is 85.1 cm³/mol. The third-order valence-electron chi connectivity index (χ3n) is 3.75. The molecule has 1 amide bonds. The van der Waals surface area contributed by atoms with Crippen LogP contribution in [0, 0.1) is 0 Å². The molecule has 5 heteroatoms. The summed E-state index contributed by atoms with van der Waals surface area (Å²) in [6.45, 7) is 7.37. The van der Waals surface area contributed by atoms with Crippen LogP contribution in [0.4, 0.5) is 0 Å². The highest BCUT2D eigenvalue weighted by atomic mass is 16.2. The van der Waals surface area contributed by atoms with Gasteiger partial charge in [0.15, 0.2) is 0 Å². The zero-order valence-corrected chi connectivity index (χ0v) is 12.8. The van der Waals surface area contributed by atoms with E-state index in [9.17, 15) is 4.79 Å². The number of hydrogen-bond acceptors (Lipinski definition) is 4. The van der Waals surface area contributed by atoms with E-state index >= 15 is 0 Å². The lowest BCUT2D eigenvalue weighted by Crippen LogP contribution is -2.46. The molecule has 0 spiro atoms. The summed E-state index contributed by atoms with van der Waals surface area (Å²) >= 11 is 0. The van der Waals surface area contributed by atoms with Crippen LogP contribution in [-0.4, -0.2) is 68.6 Å². The number of rotatable bonds is 7. The lowest BCUT2D eigenvalue weighted by Gasteiger charge is -2.28. The van der Waals surface area contributed by atoms with E-state index in [1.807, 2.05) is 37.4 Å². The van der Waals surface area contributed by atoms with Crippen molar-refractivity contribution in [3.05, 3.63) is 35.9 Å².